The molecule has 2 aromatic heterocycles. The molecule has 24 heavy (non-hydrogen) atoms. The van der Waals surface area contributed by atoms with Crippen molar-refractivity contribution in [1.29, 1.82) is 0 Å². The Morgan fingerprint density at radius 2 is 1.96 bits per heavy atom. The zero-order valence-electron chi connectivity index (χ0n) is 14.5. The molecule has 0 amide bonds. The summed E-state index contributed by atoms with van der Waals surface area (Å²) in [5.41, 5.74) is 1.15. The maximum atomic E-state index is 5.39. The van der Waals surface area contributed by atoms with Crippen molar-refractivity contribution in [3.05, 3.63) is 29.8 Å². The van der Waals surface area contributed by atoms with Crippen LogP contribution in [0.15, 0.2) is 17.0 Å². The number of nitrogens with zero attached hydrogens (tertiary/aromatic N) is 6. The smallest absolute Gasteiger partial charge is 0.240 e. The molecule has 2 aliphatic heterocycles. The normalized spacial score (nSPS) is 24.1. The van der Waals surface area contributed by atoms with Crippen LogP contribution in [0.1, 0.15) is 37.0 Å². The van der Waals surface area contributed by atoms with E-state index in [1.54, 1.807) is 6.33 Å². The fourth-order valence-electron chi connectivity index (χ4n) is 3.87. The van der Waals surface area contributed by atoms with E-state index in [0.29, 0.717) is 17.8 Å². The van der Waals surface area contributed by atoms with Gasteiger partial charge in [-0.1, -0.05) is 19.0 Å². The monoisotopic (exact) mass is 328 g/mol. The summed E-state index contributed by atoms with van der Waals surface area (Å²) in [4.78, 5) is 17.9. The van der Waals surface area contributed by atoms with Gasteiger partial charge in [0.25, 0.3) is 0 Å². The first-order valence-corrected chi connectivity index (χ1v) is 8.66. The number of anilines is 1. The number of likely N-dealkylation sites (tertiary alicyclic amines) is 1. The van der Waals surface area contributed by atoms with Crippen LogP contribution in [-0.2, 0) is 6.54 Å². The second-order valence-corrected chi connectivity index (χ2v) is 7.35. The van der Waals surface area contributed by atoms with E-state index in [0.717, 1.165) is 55.8 Å². The average Bonchev–Trinajstić information content (AvgIpc) is 3.22. The van der Waals surface area contributed by atoms with Crippen LogP contribution in [0.4, 0.5) is 5.82 Å². The molecule has 4 heterocycles. The molecule has 2 aliphatic rings. The van der Waals surface area contributed by atoms with Crippen LogP contribution in [-0.4, -0.2) is 51.2 Å². The van der Waals surface area contributed by atoms with Crippen LogP contribution >= 0.6 is 0 Å². The summed E-state index contributed by atoms with van der Waals surface area (Å²) in [6.45, 7) is 11.3. The minimum absolute atomic E-state index is 0.310. The van der Waals surface area contributed by atoms with Gasteiger partial charge in [0.15, 0.2) is 5.82 Å². The zero-order valence-corrected chi connectivity index (χ0v) is 14.5. The van der Waals surface area contributed by atoms with Crippen molar-refractivity contribution in [1.82, 2.24) is 25.0 Å². The van der Waals surface area contributed by atoms with Crippen LogP contribution in [0.5, 0.6) is 0 Å². The molecule has 0 aromatic carbocycles. The van der Waals surface area contributed by atoms with Crippen molar-refractivity contribution in [2.24, 2.45) is 11.8 Å². The highest BCUT2D eigenvalue weighted by Gasteiger charge is 2.41. The van der Waals surface area contributed by atoms with Crippen molar-refractivity contribution >= 4 is 5.82 Å². The molecule has 7 nitrogen and oxygen atoms in total. The fraction of sp³-hybridized carbons (Fsp3) is 0.647. The Morgan fingerprint density at radius 1 is 1.21 bits per heavy atom. The van der Waals surface area contributed by atoms with Gasteiger partial charge in [-0.3, -0.25) is 4.90 Å². The molecular weight excluding hydrogens is 304 g/mol. The minimum Gasteiger partial charge on any atom is -0.356 e. The molecule has 2 aromatic rings. The van der Waals surface area contributed by atoms with E-state index in [4.69, 9.17) is 4.52 Å². The van der Waals surface area contributed by atoms with Crippen LogP contribution in [0.2, 0.25) is 0 Å². The van der Waals surface area contributed by atoms with E-state index in [-0.39, 0.29) is 0 Å². The third-order valence-electron chi connectivity index (χ3n) is 5.09. The Balaban J connectivity index is 1.36. The number of rotatable bonds is 4. The molecule has 2 atom stereocenters. The number of aromatic nitrogens is 4. The molecule has 0 aliphatic carbocycles. The van der Waals surface area contributed by atoms with E-state index in [2.05, 4.69) is 50.7 Å². The predicted octanol–water partition coefficient (Wildman–Crippen LogP) is 1.86. The van der Waals surface area contributed by atoms with Gasteiger partial charge in [0.1, 0.15) is 12.1 Å². The molecule has 2 fully saturated rings. The summed E-state index contributed by atoms with van der Waals surface area (Å²) in [6, 6.07) is 0. The summed E-state index contributed by atoms with van der Waals surface area (Å²) in [5.74, 6) is 4.31. The van der Waals surface area contributed by atoms with E-state index in [1.807, 2.05) is 6.20 Å². The van der Waals surface area contributed by atoms with E-state index >= 15 is 0 Å². The molecule has 2 saturated heterocycles. The first kappa shape index (κ1) is 15.5. The number of aryl methyl sites for hydroxylation is 1. The van der Waals surface area contributed by atoms with Gasteiger partial charge in [-0.2, -0.15) is 4.98 Å². The fourth-order valence-corrected chi connectivity index (χ4v) is 3.87. The second-order valence-electron chi connectivity index (χ2n) is 7.35. The lowest BCUT2D eigenvalue weighted by Crippen LogP contribution is -2.29. The van der Waals surface area contributed by atoms with Crippen LogP contribution in [0.3, 0.4) is 0 Å². The van der Waals surface area contributed by atoms with Gasteiger partial charge in [-0.25, -0.2) is 9.97 Å². The Bertz CT molecular complexity index is 701. The highest BCUT2D eigenvalue weighted by atomic mass is 16.5. The predicted molar refractivity (Wildman–Crippen MR) is 89.6 cm³/mol. The summed E-state index contributed by atoms with van der Waals surface area (Å²) >= 11 is 0. The topological polar surface area (TPSA) is 71.2 Å². The van der Waals surface area contributed by atoms with Crippen LogP contribution in [0, 0.1) is 18.8 Å². The standard InChI is InChI=1S/C17H24N6O/c1-11(2)16-20-15(24-21-16)9-22-5-13-7-23(8-14(13)6-22)17-12(3)4-18-10-19-17/h4,10-11,13-14H,5-9H2,1-3H3. The molecule has 7 heteroatoms. The third kappa shape index (κ3) is 2.88. The average molecular weight is 328 g/mol. The van der Waals surface area contributed by atoms with Gasteiger partial charge in [0.2, 0.25) is 5.89 Å². The lowest BCUT2D eigenvalue weighted by molar-refractivity contribution is 0.254. The Morgan fingerprint density at radius 3 is 2.58 bits per heavy atom. The first-order valence-electron chi connectivity index (χ1n) is 8.66. The third-order valence-corrected chi connectivity index (χ3v) is 5.09. The van der Waals surface area contributed by atoms with Crippen LogP contribution in [0.25, 0.3) is 0 Å². The van der Waals surface area contributed by atoms with E-state index < -0.39 is 0 Å². The summed E-state index contributed by atoms with van der Waals surface area (Å²) in [6.07, 6.45) is 3.54. The lowest BCUT2D eigenvalue weighted by Gasteiger charge is -2.22. The molecule has 4 rings (SSSR count). The van der Waals surface area contributed by atoms with Crippen molar-refractivity contribution in [2.75, 3.05) is 31.1 Å². The minimum atomic E-state index is 0.310. The van der Waals surface area contributed by atoms with Gasteiger partial charge in [-0.05, 0) is 18.8 Å². The summed E-state index contributed by atoms with van der Waals surface area (Å²) < 4.78 is 5.39. The van der Waals surface area contributed by atoms with Crippen LogP contribution < -0.4 is 4.90 Å². The van der Waals surface area contributed by atoms with Crippen molar-refractivity contribution in [3.63, 3.8) is 0 Å². The molecule has 0 spiro atoms. The first-order chi connectivity index (χ1) is 11.6. The quantitative estimate of drug-likeness (QED) is 0.848. The number of hydrogen-bond acceptors (Lipinski definition) is 7. The molecule has 0 bridgehead atoms. The highest BCUT2D eigenvalue weighted by Crippen LogP contribution is 2.34. The van der Waals surface area contributed by atoms with Gasteiger partial charge >= 0.3 is 0 Å². The molecule has 0 saturated carbocycles. The Kier molecular flexibility index (Phi) is 3.96. The van der Waals surface area contributed by atoms with E-state index in [9.17, 15) is 0 Å². The summed E-state index contributed by atoms with van der Waals surface area (Å²) in [7, 11) is 0. The molecular formula is C17H24N6O. The number of fused-ring (bicyclic) bond motifs is 1. The Labute approximate surface area is 142 Å². The van der Waals surface area contributed by atoms with Gasteiger partial charge in [-0.15, -0.1) is 0 Å². The van der Waals surface area contributed by atoms with Gasteiger partial charge < -0.3 is 9.42 Å². The molecule has 128 valence electrons. The second kappa shape index (κ2) is 6.12. The Hall–Kier alpha value is -2.02. The van der Waals surface area contributed by atoms with Crippen molar-refractivity contribution in [3.8, 4) is 0 Å². The molecule has 2 unspecified atom stereocenters. The zero-order chi connectivity index (χ0) is 16.7. The largest absolute Gasteiger partial charge is 0.356 e. The maximum Gasteiger partial charge on any atom is 0.240 e. The van der Waals surface area contributed by atoms with Gasteiger partial charge in [0, 0.05) is 43.9 Å². The number of hydrogen-bond donors (Lipinski definition) is 0. The summed E-state index contributed by atoms with van der Waals surface area (Å²) in [5, 5.41) is 4.06. The molecule has 0 radical (unpaired) electrons. The van der Waals surface area contributed by atoms with E-state index in [1.165, 1.54) is 0 Å². The maximum absolute atomic E-state index is 5.39. The lowest BCUT2D eigenvalue weighted by atomic mass is 10.0. The molecule has 0 N–H and O–H groups in total. The SMILES string of the molecule is Cc1cncnc1N1CC2CN(Cc3nc(C(C)C)no3)CC2C1. The van der Waals surface area contributed by atoms with Gasteiger partial charge in [0.05, 0.1) is 6.54 Å². The van der Waals surface area contributed by atoms with Crippen molar-refractivity contribution < 1.29 is 4.52 Å². The highest BCUT2D eigenvalue weighted by molar-refractivity contribution is 5.46. The van der Waals surface area contributed by atoms with Crippen molar-refractivity contribution in [2.45, 2.75) is 33.2 Å².